The minimum absolute atomic E-state index is 0.00608. The molecule has 2 amide bonds. The van der Waals surface area contributed by atoms with Gasteiger partial charge in [-0.05, 0) is 46.9 Å². The molecule has 2 aromatic carbocycles. The van der Waals surface area contributed by atoms with Crippen molar-refractivity contribution in [3.63, 3.8) is 0 Å². The van der Waals surface area contributed by atoms with Gasteiger partial charge in [-0.1, -0.05) is 45.0 Å². The number of carbonyl (C=O) groups excluding carboxylic acids is 2. The standard InChI is InChI=1S/C21H25N3O3/c1-21(2,3)16-9-7-15(8-10-16)19(25)23-18(20(26)24-22)13-14-5-11-17(27-4)12-6-14/h5-13H,22H2,1-4H3,(H,23,25)(H,24,26)/b18-13+. The second-order valence-corrected chi connectivity index (χ2v) is 7.09. The lowest BCUT2D eigenvalue weighted by atomic mass is 9.87. The summed E-state index contributed by atoms with van der Waals surface area (Å²) in [4.78, 5) is 24.6. The second kappa shape index (κ2) is 8.51. The number of nitrogens with one attached hydrogen (secondary N) is 2. The van der Waals surface area contributed by atoms with E-state index in [1.807, 2.05) is 17.6 Å². The summed E-state index contributed by atoms with van der Waals surface area (Å²) in [5.74, 6) is 4.95. The molecule has 0 heterocycles. The maximum atomic E-state index is 12.5. The summed E-state index contributed by atoms with van der Waals surface area (Å²) in [6, 6.07) is 14.4. The maximum absolute atomic E-state index is 12.5. The number of hydrogen-bond acceptors (Lipinski definition) is 4. The number of hydrazine groups is 1. The largest absolute Gasteiger partial charge is 0.497 e. The third-order valence-electron chi connectivity index (χ3n) is 4.06. The van der Waals surface area contributed by atoms with Gasteiger partial charge in [0.1, 0.15) is 11.4 Å². The van der Waals surface area contributed by atoms with E-state index in [1.165, 1.54) is 0 Å². The van der Waals surface area contributed by atoms with Crippen molar-refractivity contribution in [1.29, 1.82) is 0 Å². The van der Waals surface area contributed by atoms with Crippen LogP contribution in [-0.4, -0.2) is 18.9 Å². The molecule has 0 fully saturated rings. The van der Waals surface area contributed by atoms with Crippen LogP contribution < -0.4 is 21.3 Å². The molecule has 27 heavy (non-hydrogen) atoms. The summed E-state index contributed by atoms with van der Waals surface area (Å²) in [6.07, 6.45) is 1.54. The monoisotopic (exact) mass is 367 g/mol. The summed E-state index contributed by atoms with van der Waals surface area (Å²) in [7, 11) is 1.57. The molecular weight excluding hydrogens is 342 g/mol. The molecule has 0 bridgehead atoms. The van der Waals surface area contributed by atoms with Crippen LogP contribution >= 0.6 is 0 Å². The molecule has 0 aliphatic carbocycles. The third kappa shape index (κ3) is 5.43. The van der Waals surface area contributed by atoms with Gasteiger partial charge in [0, 0.05) is 5.56 Å². The molecule has 2 rings (SSSR count). The topological polar surface area (TPSA) is 93.4 Å². The highest BCUT2D eigenvalue weighted by Crippen LogP contribution is 2.22. The van der Waals surface area contributed by atoms with Gasteiger partial charge >= 0.3 is 0 Å². The van der Waals surface area contributed by atoms with Gasteiger partial charge in [-0.3, -0.25) is 15.0 Å². The fraction of sp³-hybridized carbons (Fsp3) is 0.238. The number of ether oxygens (including phenoxy) is 1. The quantitative estimate of drug-likeness (QED) is 0.328. The first-order valence-electron chi connectivity index (χ1n) is 8.53. The number of carbonyl (C=O) groups is 2. The molecular formula is C21H25N3O3. The molecule has 0 atom stereocenters. The molecule has 2 aromatic rings. The van der Waals surface area contributed by atoms with Crippen LogP contribution in [0.3, 0.4) is 0 Å². The zero-order valence-electron chi connectivity index (χ0n) is 16.0. The normalized spacial score (nSPS) is 11.7. The number of nitrogens with two attached hydrogens (primary N) is 1. The van der Waals surface area contributed by atoms with E-state index < -0.39 is 5.91 Å². The van der Waals surface area contributed by atoms with Crippen LogP contribution in [0.4, 0.5) is 0 Å². The van der Waals surface area contributed by atoms with E-state index in [-0.39, 0.29) is 17.0 Å². The predicted octanol–water partition coefficient (Wildman–Crippen LogP) is 2.75. The van der Waals surface area contributed by atoms with Crippen molar-refractivity contribution in [1.82, 2.24) is 10.7 Å². The summed E-state index contributed by atoms with van der Waals surface area (Å²) >= 11 is 0. The summed E-state index contributed by atoms with van der Waals surface area (Å²) in [5, 5.41) is 2.62. The van der Waals surface area contributed by atoms with Crippen molar-refractivity contribution in [2.45, 2.75) is 26.2 Å². The van der Waals surface area contributed by atoms with Crippen LogP contribution in [0.15, 0.2) is 54.2 Å². The van der Waals surface area contributed by atoms with Crippen LogP contribution in [0, 0.1) is 0 Å². The lowest BCUT2D eigenvalue weighted by molar-refractivity contribution is -0.117. The third-order valence-corrected chi connectivity index (χ3v) is 4.06. The zero-order chi connectivity index (χ0) is 20.0. The number of amides is 2. The van der Waals surface area contributed by atoms with Crippen molar-refractivity contribution in [3.05, 3.63) is 70.9 Å². The second-order valence-electron chi connectivity index (χ2n) is 7.09. The Morgan fingerprint density at radius 1 is 1.00 bits per heavy atom. The Balaban J connectivity index is 2.23. The molecule has 0 spiro atoms. The van der Waals surface area contributed by atoms with Gasteiger partial charge in [0.25, 0.3) is 11.8 Å². The van der Waals surface area contributed by atoms with Crippen molar-refractivity contribution in [3.8, 4) is 5.75 Å². The summed E-state index contributed by atoms with van der Waals surface area (Å²) in [5.41, 5.74) is 4.38. The Morgan fingerprint density at radius 3 is 2.07 bits per heavy atom. The summed E-state index contributed by atoms with van der Waals surface area (Å²) in [6.45, 7) is 6.30. The molecule has 142 valence electrons. The Hall–Kier alpha value is -3.12. The van der Waals surface area contributed by atoms with E-state index in [0.29, 0.717) is 11.3 Å². The minimum atomic E-state index is -0.592. The van der Waals surface area contributed by atoms with E-state index in [0.717, 1.165) is 11.1 Å². The van der Waals surface area contributed by atoms with E-state index >= 15 is 0 Å². The molecule has 6 heteroatoms. The highest BCUT2D eigenvalue weighted by Gasteiger charge is 2.16. The number of benzene rings is 2. The van der Waals surface area contributed by atoms with Gasteiger partial charge in [0.05, 0.1) is 7.11 Å². The molecule has 0 aliphatic heterocycles. The van der Waals surface area contributed by atoms with Crippen molar-refractivity contribution in [2.75, 3.05) is 7.11 Å². The molecule has 0 aliphatic rings. The van der Waals surface area contributed by atoms with Crippen molar-refractivity contribution in [2.24, 2.45) is 5.84 Å². The summed E-state index contributed by atoms with van der Waals surface area (Å²) < 4.78 is 5.11. The lowest BCUT2D eigenvalue weighted by Crippen LogP contribution is -2.38. The fourth-order valence-electron chi connectivity index (χ4n) is 2.42. The fourth-order valence-corrected chi connectivity index (χ4v) is 2.42. The van der Waals surface area contributed by atoms with Crippen LogP contribution in [0.25, 0.3) is 6.08 Å². The van der Waals surface area contributed by atoms with Gasteiger partial charge in [-0.15, -0.1) is 0 Å². The maximum Gasteiger partial charge on any atom is 0.281 e. The van der Waals surface area contributed by atoms with Crippen molar-refractivity contribution >= 4 is 17.9 Å². The van der Waals surface area contributed by atoms with Crippen LogP contribution in [-0.2, 0) is 10.2 Å². The van der Waals surface area contributed by atoms with E-state index in [9.17, 15) is 9.59 Å². The van der Waals surface area contributed by atoms with Gasteiger partial charge in [0.15, 0.2) is 0 Å². The molecule has 0 saturated carbocycles. The van der Waals surface area contributed by atoms with Gasteiger partial charge in [-0.25, -0.2) is 5.84 Å². The van der Waals surface area contributed by atoms with E-state index in [4.69, 9.17) is 10.6 Å². The molecule has 0 saturated heterocycles. The minimum Gasteiger partial charge on any atom is -0.497 e. The average Bonchev–Trinajstić information content (AvgIpc) is 2.66. The Bertz CT molecular complexity index is 832. The molecule has 0 aromatic heterocycles. The smallest absolute Gasteiger partial charge is 0.281 e. The highest BCUT2D eigenvalue weighted by molar-refractivity contribution is 6.05. The molecule has 4 N–H and O–H groups in total. The van der Waals surface area contributed by atoms with Crippen LogP contribution in [0.5, 0.6) is 5.75 Å². The highest BCUT2D eigenvalue weighted by atomic mass is 16.5. The van der Waals surface area contributed by atoms with Gasteiger partial charge < -0.3 is 10.1 Å². The van der Waals surface area contributed by atoms with E-state index in [2.05, 4.69) is 26.1 Å². The first-order valence-corrected chi connectivity index (χ1v) is 8.53. The van der Waals surface area contributed by atoms with Crippen LogP contribution in [0.2, 0.25) is 0 Å². The SMILES string of the molecule is COc1ccc(/C=C(/NC(=O)c2ccc(C(C)(C)C)cc2)C(=O)NN)cc1. The Labute approximate surface area is 159 Å². The Kier molecular flexibility index (Phi) is 6.36. The molecule has 6 nitrogen and oxygen atoms in total. The van der Waals surface area contributed by atoms with Crippen LogP contribution in [0.1, 0.15) is 42.3 Å². The number of hydrogen-bond donors (Lipinski definition) is 3. The van der Waals surface area contributed by atoms with E-state index in [1.54, 1.807) is 49.6 Å². The lowest BCUT2D eigenvalue weighted by Gasteiger charge is -2.19. The van der Waals surface area contributed by atoms with Gasteiger partial charge in [0.2, 0.25) is 0 Å². The number of methoxy groups -OCH3 is 1. The van der Waals surface area contributed by atoms with Gasteiger partial charge in [-0.2, -0.15) is 0 Å². The number of rotatable bonds is 5. The molecule has 0 unspecified atom stereocenters. The first-order chi connectivity index (χ1) is 12.7. The Morgan fingerprint density at radius 2 is 1.59 bits per heavy atom. The first kappa shape index (κ1) is 20.2. The average molecular weight is 367 g/mol. The van der Waals surface area contributed by atoms with Crippen molar-refractivity contribution < 1.29 is 14.3 Å². The predicted molar refractivity (Wildman–Crippen MR) is 106 cm³/mol. The molecule has 0 radical (unpaired) electrons. The zero-order valence-corrected chi connectivity index (χ0v) is 16.0.